The second kappa shape index (κ2) is 8.81. The van der Waals surface area contributed by atoms with Crippen LogP contribution < -0.4 is 10.0 Å². The fourth-order valence-electron chi connectivity index (χ4n) is 2.56. The molecular formula is C20H21N3O4S. The van der Waals surface area contributed by atoms with E-state index < -0.39 is 10.0 Å². The van der Waals surface area contributed by atoms with Crippen molar-refractivity contribution >= 4 is 15.9 Å². The second-order valence-corrected chi connectivity index (χ2v) is 8.07. The van der Waals surface area contributed by atoms with E-state index >= 15 is 0 Å². The van der Waals surface area contributed by atoms with Crippen molar-refractivity contribution in [3.63, 3.8) is 0 Å². The van der Waals surface area contributed by atoms with Gasteiger partial charge in [-0.05, 0) is 42.3 Å². The summed E-state index contributed by atoms with van der Waals surface area (Å²) >= 11 is 0. The van der Waals surface area contributed by atoms with E-state index in [0.717, 1.165) is 22.4 Å². The minimum absolute atomic E-state index is 0.0276. The van der Waals surface area contributed by atoms with E-state index in [2.05, 4.69) is 15.0 Å². The lowest BCUT2D eigenvalue weighted by atomic mass is 10.2. The monoisotopic (exact) mass is 399 g/mol. The maximum Gasteiger partial charge on any atom is 0.240 e. The lowest BCUT2D eigenvalue weighted by Gasteiger charge is -2.08. The number of carbonyl (C=O) groups is 1. The third kappa shape index (κ3) is 5.28. The van der Waals surface area contributed by atoms with Crippen LogP contribution in [-0.2, 0) is 21.4 Å². The molecule has 146 valence electrons. The maximum absolute atomic E-state index is 12.2. The molecule has 0 atom stereocenters. The number of carbonyl (C=O) groups excluding carboxylic acids is 1. The third-order valence-corrected chi connectivity index (χ3v) is 5.53. The Hall–Kier alpha value is -2.97. The molecule has 2 aromatic heterocycles. The Balaban J connectivity index is 1.44. The van der Waals surface area contributed by atoms with Crippen LogP contribution in [0.15, 0.2) is 70.5 Å². The number of furan rings is 1. The lowest BCUT2D eigenvalue weighted by molar-refractivity contribution is -0.121. The third-order valence-electron chi connectivity index (χ3n) is 4.08. The van der Waals surface area contributed by atoms with Crippen molar-refractivity contribution in [3.8, 4) is 11.3 Å². The first-order chi connectivity index (χ1) is 13.4. The van der Waals surface area contributed by atoms with Crippen molar-refractivity contribution < 1.29 is 17.6 Å². The summed E-state index contributed by atoms with van der Waals surface area (Å²) in [6.07, 6.45) is 4.93. The molecule has 0 saturated heterocycles. The summed E-state index contributed by atoms with van der Waals surface area (Å²) < 4.78 is 31.9. The van der Waals surface area contributed by atoms with Crippen molar-refractivity contribution in [3.05, 3.63) is 72.3 Å². The van der Waals surface area contributed by atoms with Crippen molar-refractivity contribution in [1.29, 1.82) is 0 Å². The number of nitrogens with one attached hydrogen (secondary N) is 2. The summed E-state index contributed by atoms with van der Waals surface area (Å²) in [5.41, 5.74) is 3.37. The molecule has 2 N–H and O–H groups in total. The van der Waals surface area contributed by atoms with Crippen LogP contribution in [0.2, 0.25) is 0 Å². The summed E-state index contributed by atoms with van der Waals surface area (Å²) in [4.78, 5) is 16.5. The van der Waals surface area contributed by atoms with Gasteiger partial charge in [-0.15, -0.1) is 0 Å². The number of amides is 1. The van der Waals surface area contributed by atoms with Crippen LogP contribution >= 0.6 is 0 Å². The zero-order valence-electron chi connectivity index (χ0n) is 15.4. The topological polar surface area (TPSA) is 101 Å². The van der Waals surface area contributed by atoms with Gasteiger partial charge >= 0.3 is 0 Å². The molecule has 1 aromatic carbocycles. The van der Waals surface area contributed by atoms with Crippen molar-refractivity contribution in [1.82, 2.24) is 15.0 Å². The van der Waals surface area contributed by atoms with Gasteiger partial charge in [-0.3, -0.25) is 9.78 Å². The molecule has 7 nitrogen and oxygen atoms in total. The Morgan fingerprint density at radius 2 is 2.04 bits per heavy atom. The Morgan fingerprint density at radius 1 is 1.18 bits per heavy atom. The average Bonchev–Trinajstić information content (AvgIpc) is 3.21. The first kappa shape index (κ1) is 19.8. The maximum atomic E-state index is 12.2. The van der Waals surface area contributed by atoms with Gasteiger partial charge < -0.3 is 9.73 Å². The number of benzene rings is 1. The molecule has 0 saturated carbocycles. The largest absolute Gasteiger partial charge is 0.472 e. The Labute approximate surface area is 163 Å². The summed E-state index contributed by atoms with van der Waals surface area (Å²) in [6.45, 7) is 2.17. The fourth-order valence-corrected chi connectivity index (χ4v) is 3.70. The molecule has 8 heteroatoms. The quantitative estimate of drug-likeness (QED) is 0.606. The van der Waals surface area contributed by atoms with Gasteiger partial charge in [0.1, 0.15) is 0 Å². The molecule has 2 heterocycles. The van der Waals surface area contributed by atoms with Gasteiger partial charge in [-0.2, -0.15) is 0 Å². The Morgan fingerprint density at radius 3 is 2.71 bits per heavy atom. The number of hydrogen-bond donors (Lipinski definition) is 2. The van der Waals surface area contributed by atoms with Crippen LogP contribution in [-0.4, -0.2) is 25.9 Å². The smallest absolute Gasteiger partial charge is 0.240 e. The van der Waals surface area contributed by atoms with Gasteiger partial charge in [0.2, 0.25) is 15.9 Å². The van der Waals surface area contributed by atoms with Gasteiger partial charge in [0, 0.05) is 31.3 Å². The molecule has 0 bridgehead atoms. The molecule has 0 fully saturated rings. The molecule has 0 aliphatic rings. The highest BCUT2D eigenvalue weighted by atomic mass is 32.2. The number of hydrogen-bond acceptors (Lipinski definition) is 5. The van der Waals surface area contributed by atoms with Gasteiger partial charge in [-0.25, -0.2) is 13.1 Å². The number of sulfonamides is 1. The predicted molar refractivity (Wildman–Crippen MR) is 105 cm³/mol. The minimum Gasteiger partial charge on any atom is -0.472 e. The molecule has 0 radical (unpaired) electrons. The number of rotatable bonds is 8. The fraction of sp³-hybridized carbons (Fsp3) is 0.200. The zero-order chi connectivity index (χ0) is 20.0. The van der Waals surface area contributed by atoms with E-state index in [1.54, 1.807) is 30.9 Å². The number of aryl methyl sites for hydroxylation is 1. The van der Waals surface area contributed by atoms with Crippen LogP contribution in [0.25, 0.3) is 11.3 Å². The minimum atomic E-state index is -3.62. The summed E-state index contributed by atoms with van der Waals surface area (Å²) in [5, 5.41) is 2.76. The van der Waals surface area contributed by atoms with Crippen molar-refractivity contribution in [2.45, 2.75) is 24.8 Å². The van der Waals surface area contributed by atoms with Crippen LogP contribution in [0.5, 0.6) is 0 Å². The molecule has 0 spiro atoms. The average molecular weight is 399 g/mol. The summed E-state index contributed by atoms with van der Waals surface area (Å²) in [6, 6.07) is 12.2. The number of nitrogens with zero attached hydrogens (tertiary/aromatic N) is 1. The standard InChI is InChI=1S/C20H21N3O4S/c1-15-3-2-4-18(11-15)28(25,26)23-9-7-20(24)22-13-16-5-6-19(21-12-16)17-8-10-27-14-17/h2-6,8,10-12,14,23H,7,9,13H2,1H3,(H,22,24). The van der Waals surface area contributed by atoms with Crippen molar-refractivity contribution in [2.75, 3.05) is 6.54 Å². The predicted octanol–water partition coefficient (Wildman–Crippen LogP) is 2.63. The molecule has 0 unspecified atom stereocenters. The SMILES string of the molecule is Cc1cccc(S(=O)(=O)NCCC(=O)NCc2ccc(-c3ccoc3)nc2)c1. The van der Waals surface area contributed by atoms with Crippen LogP contribution in [0, 0.1) is 6.92 Å². The van der Waals surface area contributed by atoms with Gasteiger partial charge in [0.05, 0.1) is 23.1 Å². The molecule has 0 aliphatic heterocycles. The first-order valence-corrected chi connectivity index (χ1v) is 10.2. The molecule has 1 amide bonds. The van der Waals surface area contributed by atoms with Gasteiger partial charge in [0.15, 0.2) is 0 Å². The summed E-state index contributed by atoms with van der Waals surface area (Å²) in [5.74, 6) is -0.245. The molecular weight excluding hydrogens is 378 g/mol. The van der Waals surface area contributed by atoms with E-state index in [-0.39, 0.29) is 23.8 Å². The van der Waals surface area contributed by atoms with Crippen molar-refractivity contribution in [2.24, 2.45) is 0 Å². The van der Waals surface area contributed by atoms with Crippen LogP contribution in [0.3, 0.4) is 0 Å². The Kier molecular flexibility index (Phi) is 6.23. The van der Waals surface area contributed by atoms with Crippen LogP contribution in [0.1, 0.15) is 17.5 Å². The summed E-state index contributed by atoms with van der Waals surface area (Å²) in [7, 11) is -3.62. The molecule has 3 aromatic rings. The zero-order valence-corrected chi connectivity index (χ0v) is 16.2. The Bertz CT molecular complexity index is 1030. The van der Waals surface area contributed by atoms with Gasteiger partial charge in [-0.1, -0.05) is 18.2 Å². The second-order valence-electron chi connectivity index (χ2n) is 6.30. The number of pyridine rings is 1. The first-order valence-electron chi connectivity index (χ1n) is 8.74. The molecule has 3 rings (SSSR count). The van der Waals surface area contributed by atoms with E-state index in [4.69, 9.17) is 4.42 Å². The highest BCUT2D eigenvalue weighted by Crippen LogP contribution is 2.17. The normalized spacial score (nSPS) is 11.3. The lowest BCUT2D eigenvalue weighted by Crippen LogP contribution is -2.30. The highest BCUT2D eigenvalue weighted by Gasteiger charge is 2.14. The van der Waals surface area contributed by atoms with E-state index in [1.165, 1.54) is 6.07 Å². The van der Waals surface area contributed by atoms with Crippen LogP contribution in [0.4, 0.5) is 0 Å². The highest BCUT2D eigenvalue weighted by molar-refractivity contribution is 7.89. The van der Waals surface area contributed by atoms with Gasteiger partial charge in [0.25, 0.3) is 0 Å². The van der Waals surface area contributed by atoms with E-state index in [9.17, 15) is 13.2 Å². The molecule has 0 aliphatic carbocycles. The van der Waals surface area contributed by atoms with E-state index in [1.807, 2.05) is 31.2 Å². The van der Waals surface area contributed by atoms with E-state index in [0.29, 0.717) is 6.54 Å². The number of aromatic nitrogens is 1. The molecule has 28 heavy (non-hydrogen) atoms.